The van der Waals surface area contributed by atoms with Crippen LogP contribution in [0.15, 0.2) is 34.9 Å². The predicted octanol–water partition coefficient (Wildman–Crippen LogP) is 3.15. The molecule has 0 saturated carbocycles. The molecule has 0 bridgehead atoms. The molecule has 1 aliphatic heterocycles. The summed E-state index contributed by atoms with van der Waals surface area (Å²) in [5, 5.41) is 0.716. The third-order valence-corrected chi connectivity index (χ3v) is 2.56. The van der Waals surface area contributed by atoms with E-state index in [9.17, 15) is 0 Å². The van der Waals surface area contributed by atoms with Gasteiger partial charge >= 0.3 is 0 Å². The first-order chi connectivity index (χ1) is 6.27. The molecule has 68 valence electrons. The minimum Gasteiger partial charge on any atom is -0.263 e. The highest BCUT2D eigenvalue weighted by molar-refractivity contribution is 9.11. The monoisotopic (exact) mass is 259 g/mol. The summed E-state index contributed by atoms with van der Waals surface area (Å²) in [5.41, 5.74) is 3.68. The fourth-order valence-electron chi connectivity index (χ4n) is 1.18. The van der Waals surface area contributed by atoms with E-state index in [0.717, 1.165) is 10.2 Å². The largest absolute Gasteiger partial charge is 0.263 e. The zero-order valence-electron chi connectivity index (χ0n) is 6.63. The predicted molar refractivity (Wildman–Crippen MR) is 55.4 cm³/mol. The highest BCUT2D eigenvalue weighted by Crippen LogP contribution is 2.30. The number of nitrogens with one attached hydrogen (secondary N) is 1. The van der Waals surface area contributed by atoms with Crippen molar-refractivity contribution >= 4 is 27.5 Å². The van der Waals surface area contributed by atoms with E-state index in [0.29, 0.717) is 5.02 Å². The molecule has 1 aliphatic rings. The van der Waals surface area contributed by atoms with E-state index in [-0.39, 0.29) is 6.10 Å². The Balaban J connectivity index is 2.31. The molecule has 0 aromatic heterocycles. The fraction of sp³-hybridized carbons (Fsp3) is 0.111. The second kappa shape index (κ2) is 3.70. The lowest BCUT2D eigenvalue weighted by atomic mass is 10.1. The molecule has 0 radical (unpaired) electrons. The van der Waals surface area contributed by atoms with Crippen molar-refractivity contribution in [2.24, 2.45) is 0 Å². The van der Waals surface area contributed by atoms with Gasteiger partial charge in [-0.25, -0.2) is 0 Å². The number of hydroxylamine groups is 1. The van der Waals surface area contributed by atoms with Crippen LogP contribution in [0.5, 0.6) is 0 Å². The average Bonchev–Trinajstić information content (AvgIpc) is 2.53. The van der Waals surface area contributed by atoms with Gasteiger partial charge in [0.25, 0.3) is 0 Å². The van der Waals surface area contributed by atoms with E-state index in [1.807, 2.05) is 30.3 Å². The van der Waals surface area contributed by atoms with Gasteiger partial charge in [0.1, 0.15) is 10.7 Å². The van der Waals surface area contributed by atoms with Gasteiger partial charge in [-0.1, -0.05) is 29.8 Å². The van der Waals surface area contributed by atoms with Crippen LogP contribution in [0.25, 0.3) is 0 Å². The molecule has 0 aliphatic carbocycles. The molecular formula is C9H7BrClNO. The quantitative estimate of drug-likeness (QED) is 0.783. The summed E-state index contributed by atoms with van der Waals surface area (Å²) in [6, 6.07) is 7.62. The maximum Gasteiger partial charge on any atom is 0.133 e. The van der Waals surface area contributed by atoms with Crippen molar-refractivity contribution in [2.45, 2.75) is 6.10 Å². The number of halogens is 2. The number of hydrogen-bond acceptors (Lipinski definition) is 2. The first kappa shape index (κ1) is 9.06. The Morgan fingerprint density at radius 3 is 2.77 bits per heavy atom. The summed E-state index contributed by atoms with van der Waals surface area (Å²) in [5.74, 6) is 0. The average molecular weight is 261 g/mol. The molecule has 2 rings (SSSR count). The number of benzene rings is 1. The van der Waals surface area contributed by atoms with Crippen LogP contribution in [0.3, 0.4) is 0 Å². The van der Waals surface area contributed by atoms with Crippen LogP contribution in [0, 0.1) is 0 Å². The lowest BCUT2D eigenvalue weighted by Crippen LogP contribution is -2.05. The van der Waals surface area contributed by atoms with Gasteiger partial charge in [-0.15, -0.1) is 0 Å². The molecule has 13 heavy (non-hydrogen) atoms. The highest BCUT2D eigenvalue weighted by Gasteiger charge is 2.18. The van der Waals surface area contributed by atoms with Gasteiger partial charge in [-0.3, -0.25) is 10.3 Å². The molecule has 0 unspecified atom stereocenters. The van der Waals surface area contributed by atoms with Gasteiger partial charge in [-0.05, 0) is 28.1 Å². The highest BCUT2D eigenvalue weighted by atomic mass is 79.9. The lowest BCUT2D eigenvalue weighted by molar-refractivity contribution is 0.0458. The first-order valence-corrected chi connectivity index (χ1v) is 4.98. The normalized spacial score (nSPS) is 21.1. The van der Waals surface area contributed by atoms with Crippen LogP contribution < -0.4 is 5.48 Å². The Hall–Kier alpha value is -0.510. The summed E-state index contributed by atoms with van der Waals surface area (Å²) in [6.45, 7) is 0. The minimum absolute atomic E-state index is 0.108. The van der Waals surface area contributed by atoms with Crippen molar-refractivity contribution in [3.8, 4) is 0 Å². The van der Waals surface area contributed by atoms with Crippen molar-refractivity contribution in [1.82, 2.24) is 5.48 Å². The van der Waals surface area contributed by atoms with Crippen LogP contribution in [0.1, 0.15) is 11.7 Å². The molecule has 0 fully saturated rings. The van der Waals surface area contributed by atoms with Crippen molar-refractivity contribution in [3.05, 3.63) is 45.5 Å². The third-order valence-electron chi connectivity index (χ3n) is 1.79. The van der Waals surface area contributed by atoms with Crippen LogP contribution in [0.4, 0.5) is 0 Å². The molecular weight excluding hydrogens is 253 g/mol. The van der Waals surface area contributed by atoms with Crippen molar-refractivity contribution in [2.75, 3.05) is 0 Å². The van der Waals surface area contributed by atoms with E-state index in [4.69, 9.17) is 16.4 Å². The maximum atomic E-state index is 6.00. The van der Waals surface area contributed by atoms with Crippen LogP contribution in [0.2, 0.25) is 5.02 Å². The molecule has 4 heteroatoms. The van der Waals surface area contributed by atoms with E-state index in [1.165, 1.54) is 0 Å². The molecule has 0 spiro atoms. The molecule has 1 atom stereocenters. The number of hydrogen-bond donors (Lipinski definition) is 1. The Kier molecular flexibility index (Phi) is 2.58. The van der Waals surface area contributed by atoms with Crippen LogP contribution >= 0.6 is 27.5 Å². The summed E-state index contributed by atoms with van der Waals surface area (Å²) >= 11 is 9.28. The molecule has 1 N–H and O–H groups in total. The first-order valence-electron chi connectivity index (χ1n) is 3.81. The molecule has 2 nitrogen and oxygen atoms in total. The SMILES string of the molecule is Clc1ccccc1[C@@H]1C=C(Br)NO1. The van der Waals surface area contributed by atoms with Gasteiger partial charge in [0.15, 0.2) is 0 Å². The second-order valence-corrected chi connectivity index (χ2v) is 3.94. The molecule has 1 aromatic carbocycles. The third kappa shape index (κ3) is 1.88. The standard InChI is InChI=1S/C9H7BrClNO/c10-9-5-8(13-12-9)6-3-1-2-4-7(6)11/h1-5,8,12H/t8-/m0/s1. The minimum atomic E-state index is -0.108. The van der Waals surface area contributed by atoms with Gasteiger partial charge in [0, 0.05) is 10.6 Å². The van der Waals surface area contributed by atoms with E-state index >= 15 is 0 Å². The summed E-state index contributed by atoms with van der Waals surface area (Å²) in [7, 11) is 0. The second-order valence-electron chi connectivity index (χ2n) is 2.68. The zero-order chi connectivity index (χ0) is 9.26. The van der Waals surface area contributed by atoms with Gasteiger partial charge in [0.2, 0.25) is 0 Å². The van der Waals surface area contributed by atoms with Crippen molar-refractivity contribution < 1.29 is 4.84 Å². The maximum absolute atomic E-state index is 6.00. The summed E-state index contributed by atoms with van der Waals surface area (Å²) < 4.78 is 0.831. The zero-order valence-corrected chi connectivity index (χ0v) is 8.97. The number of rotatable bonds is 1. The molecule has 0 saturated heterocycles. The fourth-order valence-corrected chi connectivity index (χ4v) is 1.76. The van der Waals surface area contributed by atoms with Crippen molar-refractivity contribution in [1.29, 1.82) is 0 Å². The van der Waals surface area contributed by atoms with Crippen LogP contribution in [-0.2, 0) is 4.84 Å². The molecule has 1 heterocycles. The van der Waals surface area contributed by atoms with E-state index in [1.54, 1.807) is 0 Å². The Labute approximate surface area is 89.6 Å². The Morgan fingerprint density at radius 1 is 1.38 bits per heavy atom. The molecule has 1 aromatic rings. The van der Waals surface area contributed by atoms with Gasteiger partial charge in [0.05, 0.1) is 0 Å². The topological polar surface area (TPSA) is 21.3 Å². The van der Waals surface area contributed by atoms with Crippen LogP contribution in [-0.4, -0.2) is 0 Å². The summed E-state index contributed by atoms with van der Waals surface area (Å²) in [6.07, 6.45) is 1.81. The van der Waals surface area contributed by atoms with Gasteiger partial charge < -0.3 is 0 Å². The summed E-state index contributed by atoms with van der Waals surface area (Å²) in [4.78, 5) is 5.26. The van der Waals surface area contributed by atoms with Gasteiger partial charge in [-0.2, -0.15) is 0 Å². The Morgan fingerprint density at radius 2 is 2.15 bits per heavy atom. The smallest absolute Gasteiger partial charge is 0.133 e. The molecule has 0 amide bonds. The Bertz CT molecular complexity index is 353. The van der Waals surface area contributed by atoms with Crippen molar-refractivity contribution in [3.63, 3.8) is 0 Å². The van der Waals surface area contributed by atoms with E-state index in [2.05, 4.69) is 21.4 Å². The lowest BCUT2D eigenvalue weighted by Gasteiger charge is -2.08. The van der Waals surface area contributed by atoms with E-state index < -0.39 is 0 Å².